The minimum atomic E-state index is -0.974. The van der Waals surface area contributed by atoms with Gasteiger partial charge in [0.15, 0.2) is 0 Å². The number of aromatic carboxylic acids is 1. The van der Waals surface area contributed by atoms with Crippen molar-refractivity contribution in [2.75, 3.05) is 13.1 Å². The monoisotopic (exact) mass is 330 g/mol. The van der Waals surface area contributed by atoms with E-state index in [0.717, 1.165) is 19.5 Å². The molecule has 0 spiro atoms. The van der Waals surface area contributed by atoms with Crippen molar-refractivity contribution in [3.8, 4) is 11.4 Å². The van der Waals surface area contributed by atoms with Gasteiger partial charge in [-0.05, 0) is 18.6 Å². The Morgan fingerprint density at radius 1 is 1.38 bits per heavy atom. The number of likely N-dealkylation sites (tertiary alicyclic amines) is 1. The largest absolute Gasteiger partial charge is 0.478 e. The molecule has 1 aliphatic rings. The van der Waals surface area contributed by atoms with Gasteiger partial charge in [0.1, 0.15) is 0 Å². The Hall–Kier alpha value is -2.74. The van der Waals surface area contributed by atoms with Gasteiger partial charge in [-0.2, -0.15) is 4.98 Å². The van der Waals surface area contributed by atoms with E-state index in [9.17, 15) is 9.59 Å². The fourth-order valence-electron chi connectivity index (χ4n) is 2.77. The maximum Gasteiger partial charge on any atom is 0.335 e. The summed E-state index contributed by atoms with van der Waals surface area (Å²) in [5.74, 6) is -0.0693. The van der Waals surface area contributed by atoms with Crippen molar-refractivity contribution in [1.29, 1.82) is 0 Å². The van der Waals surface area contributed by atoms with Crippen LogP contribution in [-0.2, 0) is 11.3 Å². The minimum Gasteiger partial charge on any atom is -0.478 e. The Kier molecular flexibility index (Phi) is 4.57. The number of carboxylic acids is 1. The Labute approximate surface area is 138 Å². The van der Waals surface area contributed by atoms with Crippen LogP contribution in [0.3, 0.4) is 0 Å². The smallest absolute Gasteiger partial charge is 0.335 e. The maximum absolute atomic E-state index is 11.1. The van der Waals surface area contributed by atoms with Crippen LogP contribution in [0.2, 0.25) is 0 Å². The van der Waals surface area contributed by atoms with Crippen LogP contribution in [0.5, 0.6) is 0 Å². The summed E-state index contributed by atoms with van der Waals surface area (Å²) in [6.07, 6.45) is 0.900. The SMILES string of the molecule is CC(=O)N[C@H]1CCN(Cc2nc(-c3ccc(C(=O)O)cc3)no2)C1. The third kappa shape index (κ3) is 3.77. The van der Waals surface area contributed by atoms with Crippen LogP contribution in [0.25, 0.3) is 11.4 Å². The Balaban J connectivity index is 1.61. The fraction of sp³-hybridized carbons (Fsp3) is 0.375. The van der Waals surface area contributed by atoms with Crippen molar-refractivity contribution in [2.45, 2.75) is 25.9 Å². The van der Waals surface area contributed by atoms with Crippen LogP contribution in [0.4, 0.5) is 0 Å². The summed E-state index contributed by atoms with van der Waals surface area (Å²) in [7, 11) is 0. The zero-order valence-corrected chi connectivity index (χ0v) is 13.2. The van der Waals surface area contributed by atoms with Crippen molar-refractivity contribution >= 4 is 11.9 Å². The number of nitrogens with one attached hydrogen (secondary N) is 1. The van der Waals surface area contributed by atoms with Crippen molar-refractivity contribution < 1.29 is 19.2 Å². The first-order valence-electron chi connectivity index (χ1n) is 7.67. The van der Waals surface area contributed by atoms with Crippen molar-refractivity contribution in [2.24, 2.45) is 0 Å². The standard InChI is InChI=1S/C16H18N4O4/c1-10(21)17-13-6-7-20(8-13)9-14-18-15(19-24-14)11-2-4-12(5-3-11)16(22)23/h2-5,13H,6-9H2,1H3,(H,17,21)(H,22,23)/t13-/m0/s1. The van der Waals surface area contributed by atoms with Gasteiger partial charge in [-0.1, -0.05) is 17.3 Å². The molecular formula is C16H18N4O4. The van der Waals surface area contributed by atoms with E-state index in [4.69, 9.17) is 9.63 Å². The number of rotatable bonds is 5. The first-order chi connectivity index (χ1) is 11.5. The predicted molar refractivity (Wildman–Crippen MR) is 84.2 cm³/mol. The van der Waals surface area contributed by atoms with Crippen molar-refractivity contribution in [1.82, 2.24) is 20.4 Å². The second-order valence-electron chi connectivity index (χ2n) is 5.82. The van der Waals surface area contributed by atoms with E-state index < -0.39 is 5.97 Å². The summed E-state index contributed by atoms with van der Waals surface area (Å²) in [4.78, 5) is 28.4. The summed E-state index contributed by atoms with van der Waals surface area (Å²) >= 11 is 0. The number of amides is 1. The molecule has 8 heteroatoms. The van der Waals surface area contributed by atoms with Gasteiger partial charge in [0.25, 0.3) is 0 Å². The zero-order valence-electron chi connectivity index (χ0n) is 13.2. The number of hydrogen-bond acceptors (Lipinski definition) is 6. The number of carbonyl (C=O) groups is 2. The van der Waals surface area contributed by atoms with E-state index in [1.165, 1.54) is 19.1 Å². The van der Waals surface area contributed by atoms with Crippen LogP contribution in [0.15, 0.2) is 28.8 Å². The summed E-state index contributed by atoms with van der Waals surface area (Å²) in [5.41, 5.74) is 0.913. The Bertz CT molecular complexity index is 741. The van der Waals surface area contributed by atoms with Gasteiger partial charge in [0.2, 0.25) is 17.6 Å². The molecule has 1 aromatic carbocycles. The second-order valence-corrected chi connectivity index (χ2v) is 5.82. The molecule has 126 valence electrons. The van der Waals surface area contributed by atoms with E-state index in [2.05, 4.69) is 20.4 Å². The van der Waals surface area contributed by atoms with Crippen LogP contribution in [-0.4, -0.2) is 51.2 Å². The topological polar surface area (TPSA) is 109 Å². The van der Waals surface area contributed by atoms with Gasteiger partial charge < -0.3 is 14.9 Å². The number of benzene rings is 1. The summed E-state index contributed by atoms with van der Waals surface area (Å²) in [6.45, 7) is 3.65. The molecular weight excluding hydrogens is 312 g/mol. The summed E-state index contributed by atoms with van der Waals surface area (Å²) < 4.78 is 5.27. The lowest BCUT2D eigenvalue weighted by Crippen LogP contribution is -2.35. The van der Waals surface area contributed by atoms with Crippen LogP contribution >= 0.6 is 0 Å². The lowest BCUT2D eigenvalue weighted by atomic mass is 10.1. The van der Waals surface area contributed by atoms with Crippen molar-refractivity contribution in [3.05, 3.63) is 35.7 Å². The zero-order chi connectivity index (χ0) is 17.1. The molecule has 2 N–H and O–H groups in total. The van der Waals surface area contributed by atoms with E-state index in [1.807, 2.05) is 0 Å². The molecule has 2 heterocycles. The average molecular weight is 330 g/mol. The molecule has 0 unspecified atom stereocenters. The molecule has 1 saturated heterocycles. The number of hydrogen-bond donors (Lipinski definition) is 2. The van der Waals surface area contributed by atoms with Gasteiger partial charge in [-0.25, -0.2) is 4.79 Å². The first-order valence-corrected chi connectivity index (χ1v) is 7.67. The quantitative estimate of drug-likeness (QED) is 0.846. The lowest BCUT2D eigenvalue weighted by molar-refractivity contribution is -0.119. The highest BCUT2D eigenvalue weighted by molar-refractivity contribution is 5.88. The number of carbonyl (C=O) groups excluding carboxylic acids is 1. The molecule has 0 aliphatic carbocycles. The Morgan fingerprint density at radius 3 is 2.79 bits per heavy atom. The molecule has 2 aromatic rings. The Morgan fingerprint density at radius 2 is 2.12 bits per heavy atom. The van der Waals surface area contributed by atoms with Gasteiger partial charge in [0.05, 0.1) is 12.1 Å². The fourth-order valence-corrected chi connectivity index (χ4v) is 2.77. The van der Waals surface area contributed by atoms with Gasteiger partial charge in [0, 0.05) is 31.6 Å². The highest BCUT2D eigenvalue weighted by atomic mass is 16.5. The van der Waals surface area contributed by atoms with Crippen LogP contribution < -0.4 is 5.32 Å². The van der Waals surface area contributed by atoms with Gasteiger partial charge in [-0.3, -0.25) is 9.69 Å². The predicted octanol–water partition coefficient (Wildman–Crippen LogP) is 1.15. The highest BCUT2D eigenvalue weighted by Gasteiger charge is 2.24. The molecule has 0 radical (unpaired) electrons. The molecule has 1 fully saturated rings. The van der Waals surface area contributed by atoms with E-state index in [-0.39, 0.29) is 17.5 Å². The molecule has 24 heavy (non-hydrogen) atoms. The number of carboxylic acid groups (broad SMARTS) is 1. The van der Waals surface area contributed by atoms with Gasteiger partial charge in [-0.15, -0.1) is 0 Å². The molecule has 0 bridgehead atoms. The van der Waals surface area contributed by atoms with Crippen LogP contribution in [0, 0.1) is 0 Å². The van der Waals surface area contributed by atoms with Crippen LogP contribution in [0.1, 0.15) is 29.6 Å². The minimum absolute atomic E-state index is 0.0215. The second kappa shape index (κ2) is 6.79. The van der Waals surface area contributed by atoms with E-state index >= 15 is 0 Å². The molecule has 3 rings (SSSR count). The first kappa shape index (κ1) is 16.1. The highest BCUT2D eigenvalue weighted by Crippen LogP contribution is 2.18. The van der Waals surface area contributed by atoms with Crippen molar-refractivity contribution in [3.63, 3.8) is 0 Å². The number of aromatic nitrogens is 2. The third-order valence-corrected chi connectivity index (χ3v) is 3.90. The molecule has 1 aliphatic heterocycles. The third-order valence-electron chi connectivity index (χ3n) is 3.90. The van der Waals surface area contributed by atoms with E-state index in [1.54, 1.807) is 12.1 Å². The maximum atomic E-state index is 11.1. The van der Waals surface area contributed by atoms with E-state index in [0.29, 0.717) is 23.8 Å². The molecule has 1 atom stereocenters. The normalized spacial score (nSPS) is 17.8. The van der Waals surface area contributed by atoms with Gasteiger partial charge >= 0.3 is 5.97 Å². The average Bonchev–Trinajstić information content (AvgIpc) is 3.17. The lowest BCUT2D eigenvalue weighted by Gasteiger charge is -2.13. The number of nitrogens with zero attached hydrogens (tertiary/aromatic N) is 3. The molecule has 8 nitrogen and oxygen atoms in total. The molecule has 1 aromatic heterocycles. The molecule has 0 saturated carbocycles. The molecule has 1 amide bonds. The summed E-state index contributed by atoms with van der Waals surface area (Å²) in [6, 6.07) is 6.48. The summed E-state index contributed by atoms with van der Waals surface area (Å²) in [5, 5.41) is 15.8.